The van der Waals surface area contributed by atoms with Gasteiger partial charge in [0.15, 0.2) is 11.6 Å². The van der Waals surface area contributed by atoms with Gasteiger partial charge in [-0.2, -0.15) is 13.2 Å². The molecule has 0 fully saturated rings. The van der Waals surface area contributed by atoms with Crippen LogP contribution in [-0.4, -0.2) is 24.1 Å². The molecule has 0 spiro atoms. The van der Waals surface area contributed by atoms with E-state index < -0.39 is 35.9 Å². The van der Waals surface area contributed by atoms with Crippen LogP contribution in [0, 0.1) is 0 Å². The van der Waals surface area contributed by atoms with E-state index in [1.54, 1.807) is 0 Å². The molecule has 0 aromatic heterocycles. The molecule has 0 bridgehead atoms. The molecule has 114 valence electrons. The second kappa shape index (κ2) is 5.97. The molecule has 4 nitrogen and oxygen atoms in total. The molecule has 1 aliphatic rings. The van der Waals surface area contributed by atoms with E-state index in [0.717, 1.165) is 42.5 Å². The Bertz CT molecular complexity index is 682. The molecule has 1 aromatic carbocycles. The molecule has 0 N–H and O–H groups in total. The number of ether oxygens (including phenoxy) is 1. The summed E-state index contributed by atoms with van der Waals surface area (Å²) in [7, 11) is 0. The van der Waals surface area contributed by atoms with Gasteiger partial charge in [0.2, 0.25) is 0 Å². The Balaban J connectivity index is 2.01. The van der Waals surface area contributed by atoms with E-state index in [1.807, 2.05) is 0 Å². The minimum absolute atomic E-state index is 0.00719. The van der Waals surface area contributed by atoms with Crippen molar-refractivity contribution < 1.29 is 32.3 Å². The minimum atomic E-state index is -4.49. The van der Waals surface area contributed by atoms with Crippen molar-refractivity contribution in [3.05, 3.63) is 59.2 Å². The Kier molecular flexibility index (Phi) is 4.25. The molecule has 0 unspecified atom stereocenters. The summed E-state index contributed by atoms with van der Waals surface area (Å²) in [4.78, 5) is 34.2. The van der Waals surface area contributed by atoms with E-state index in [9.17, 15) is 27.6 Å². The summed E-state index contributed by atoms with van der Waals surface area (Å²) in [6, 6.07) is 3.47. The zero-order valence-corrected chi connectivity index (χ0v) is 11.0. The molecule has 0 saturated heterocycles. The minimum Gasteiger partial charge on any atom is -0.457 e. The fourth-order valence-corrected chi connectivity index (χ4v) is 1.69. The lowest BCUT2D eigenvalue weighted by atomic mass is 10.0. The van der Waals surface area contributed by atoms with Gasteiger partial charge in [-0.05, 0) is 42.5 Å². The fourth-order valence-electron chi connectivity index (χ4n) is 1.69. The Hall–Kier alpha value is -2.70. The Labute approximate surface area is 122 Å². The molecule has 0 aliphatic heterocycles. The first-order valence-electron chi connectivity index (χ1n) is 6.09. The predicted octanol–water partition coefficient (Wildman–Crippen LogP) is 2.50. The highest BCUT2D eigenvalue weighted by atomic mass is 19.4. The number of allylic oxidation sites excluding steroid dienone is 3. The summed E-state index contributed by atoms with van der Waals surface area (Å²) >= 11 is 0. The SMILES string of the molecule is O=C1C=CC(=O)C(COC(=O)c2ccc(C(F)(F)F)cc2)=C1. The van der Waals surface area contributed by atoms with Crippen LogP contribution in [0.3, 0.4) is 0 Å². The van der Waals surface area contributed by atoms with E-state index in [-0.39, 0.29) is 11.1 Å². The maximum absolute atomic E-state index is 12.4. The van der Waals surface area contributed by atoms with E-state index in [1.165, 1.54) is 0 Å². The smallest absolute Gasteiger partial charge is 0.416 e. The first kappa shape index (κ1) is 15.7. The van der Waals surface area contributed by atoms with Gasteiger partial charge in [0.05, 0.1) is 11.1 Å². The van der Waals surface area contributed by atoms with Crippen molar-refractivity contribution in [3.8, 4) is 0 Å². The van der Waals surface area contributed by atoms with Gasteiger partial charge >= 0.3 is 12.1 Å². The van der Waals surface area contributed by atoms with Crippen molar-refractivity contribution in [2.24, 2.45) is 0 Å². The van der Waals surface area contributed by atoms with Crippen LogP contribution in [0.5, 0.6) is 0 Å². The molecule has 1 aromatic rings. The third-order valence-corrected chi connectivity index (χ3v) is 2.84. The normalized spacial score (nSPS) is 14.8. The van der Waals surface area contributed by atoms with Crippen molar-refractivity contribution in [3.63, 3.8) is 0 Å². The molecule has 0 heterocycles. The summed E-state index contributed by atoms with van der Waals surface area (Å²) < 4.78 is 42.0. The number of esters is 1. The molecule has 0 radical (unpaired) electrons. The number of hydrogen-bond donors (Lipinski definition) is 0. The predicted molar refractivity (Wildman–Crippen MR) is 69.0 cm³/mol. The zero-order chi connectivity index (χ0) is 16.3. The molecule has 0 amide bonds. The number of alkyl halides is 3. The van der Waals surface area contributed by atoms with Crippen LogP contribution in [0.2, 0.25) is 0 Å². The van der Waals surface area contributed by atoms with Gasteiger partial charge in [0.25, 0.3) is 0 Å². The molecule has 22 heavy (non-hydrogen) atoms. The van der Waals surface area contributed by atoms with Crippen LogP contribution in [-0.2, 0) is 20.5 Å². The number of halogens is 3. The van der Waals surface area contributed by atoms with Crippen LogP contribution in [0.1, 0.15) is 15.9 Å². The molecular formula is C15H9F3O4. The molecule has 0 saturated carbocycles. The largest absolute Gasteiger partial charge is 0.457 e. The van der Waals surface area contributed by atoms with Crippen molar-refractivity contribution in [2.75, 3.05) is 6.61 Å². The van der Waals surface area contributed by atoms with Gasteiger partial charge in [0.1, 0.15) is 6.61 Å². The quantitative estimate of drug-likeness (QED) is 0.636. The summed E-state index contributed by atoms with van der Waals surface area (Å²) in [6.07, 6.45) is -1.30. The van der Waals surface area contributed by atoms with Crippen molar-refractivity contribution in [2.45, 2.75) is 6.18 Å². The molecule has 1 aliphatic carbocycles. The average molecular weight is 310 g/mol. The van der Waals surface area contributed by atoms with E-state index in [4.69, 9.17) is 4.74 Å². The first-order valence-corrected chi connectivity index (χ1v) is 6.09. The molecule has 7 heteroatoms. The highest BCUT2D eigenvalue weighted by molar-refractivity contribution is 6.17. The maximum Gasteiger partial charge on any atom is 0.416 e. The lowest BCUT2D eigenvalue weighted by Gasteiger charge is -2.09. The second-order valence-corrected chi connectivity index (χ2v) is 4.42. The van der Waals surface area contributed by atoms with Crippen LogP contribution in [0.15, 0.2) is 48.1 Å². The van der Waals surface area contributed by atoms with Gasteiger partial charge < -0.3 is 4.74 Å². The van der Waals surface area contributed by atoms with Gasteiger partial charge in [-0.1, -0.05) is 0 Å². The molecular weight excluding hydrogens is 301 g/mol. The van der Waals surface area contributed by atoms with Gasteiger partial charge in [-0.3, -0.25) is 9.59 Å². The number of hydrogen-bond acceptors (Lipinski definition) is 4. The number of benzene rings is 1. The van der Waals surface area contributed by atoms with Crippen molar-refractivity contribution >= 4 is 17.5 Å². The monoisotopic (exact) mass is 310 g/mol. The summed E-state index contributed by atoms with van der Waals surface area (Å²) in [5, 5.41) is 0. The van der Waals surface area contributed by atoms with Crippen LogP contribution in [0.25, 0.3) is 0 Å². The summed E-state index contributed by atoms with van der Waals surface area (Å²) in [5.74, 6) is -1.75. The molecule has 0 atom stereocenters. The van der Waals surface area contributed by atoms with Crippen LogP contribution < -0.4 is 0 Å². The number of rotatable bonds is 3. The number of carbonyl (C=O) groups is 3. The topological polar surface area (TPSA) is 60.4 Å². The third-order valence-electron chi connectivity index (χ3n) is 2.84. The van der Waals surface area contributed by atoms with Gasteiger partial charge in [-0.25, -0.2) is 4.79 Å². The highest BCUT2D eigenvalue weighted by Gasteiger charge is 2.30. The average Bonchev–Trinajstić information content (AvgIpc) is 2.47. The van der Waals surface area contributed by atoms with Crippen molar-refractivity contribution in [1.29, 1.82) is 0 Å². The Morgan fingerprint density at radius 1 is 1.05 bits per heavy atom. The van der Waals surface area contributed by atoms with Crippen LogP contribution in [0.4, 0.5) is 13.2 Å². The zero-order valence-electron chi connectivity index (χ0n) is 11.0. The second-order valence-electron chi connectivity index (χ2n) is 4.42. The van der Waals surface area contributed by atoms with Crippen LogP contribution >= 0.6 is 0 Å². The summed E-state index contributed by atoms with van der Waals surface area (Å²) in [5.41, 5.74) is -0.962. The van der Waals surface area contributed by atoms with E-state index in [0.29, 0.717) is 0 Å². The van der Waals surface area contributed by atoms with Gasteiger partial charge in [0, 0.05) is 5.57 Å². The van der Waals surface area contributed by atoms with Crippen molar-refractivity contribution in [1.82, 2.24) is 0 Å². The standard InChI is InChI=1S/C15H9F3O4/c16-15(17,18)11-3-1-9(2-4-11)14(21)22-8-10-7-12(19)5-6-13(10)20/h1-7H,8H2. The fraction of sp³-hybridized carbons (Fsp3) is 0.133. The Morgan fingerprint density at radius 2 is 1.68 bits per heavy atom. The van der Waals surface area contributed by atoms with E-state index >= 15 is 0 Å². The maximum atomic E-state index is 12.4. The number of carbonyl (C=O) groups excluding carboxylic acids is 3. The Morgan fingerprint density at radius 3 is 2.27 bits per heavy atom. The van der Waals surface area contributed by atoms with Gasteiger partial charge in [-0.15, -0.1) is 0 Å². The summed E-state index contributed by atoms with van der Waals surface area (Å²) in [6.45, 7) is -0.422. The lowest BCUT2D eigenvalue weighted by molar-refractivity contribution is -0.137. The lowest BCUT2D eigenvalue weighted by Crippen LogP contribution is -2.16. The highest BCUT2D eigenvalue weighted by Crippen LogP contribution is 2.29. The number of ketones is 2. The third kappa shape index (κ3) is 3.69. The first-order chi connectivity index (χ1) is 10.3. The van der Waals surface area contributed by atoms with E-state index in [2.05, 4.69) is 0 Å². The molecule has 2 rings (SSSR count).